The third-order valence-electron chi connectivity index (χ3n) is 3.24. The quantitative estimate of drug-likeness (QED) is 0.590. The van der Waals surface area contributed by atoms with E-state index in [0.717, 1.165) is 5.56 Å². The molecule has 0 saturated carbocycles. The number of aryl methyl sites for hydroxylation is 1. The van der Waals surface area contributed by atoms with E-state index in [1.165, 1.54) is 12.1 Å². The summed E-state index contributed by atoms with van der Waals surface area (Å²) in [6.07, 6.45) is -1.22. The summed E-state index contributed by atoms with van der Waals surface area (Å²) in [6.45, 7) is 5.00. The Kier molecular flexibility index (Phi) is 4.71. The van der Waals surface area contributed by atoms with Crippen LogP contribution in [0.1, 0.15) is 27.6 Å². The van der Waals surface area contributed by atoms with Crippen molar-refractivity contribution in [2.24, 2.45) is 0 Å². The highest BCUT2D eigenvalue weighted by Gasteiger charge is 2.40. The van der Waals surface area contributed by atoms with Gasteiger partial charge < -0.3 is 4.74 Å². The Morgan fingerprint density at radius 2 is 1.73 bits per heavy atom. The standard InChI is InChI=1S/C18H16F2O2/c1-3-18(19,20)16(14-7-5-4-6-8-14)22-17(21)15-11-9-13(2)10-12-15/h3-12,16H,1H2,2H3. The Hall–Kier alpha value is -2.49. The van der Waals surface area contributed by atoms with Gasteiger partial charge in [-0.1, -0.05) is 54.6 Å². The lowest BCUT2D eigenvalue weighted by atomic mass is 10.0. The van der Waals surface area contributed by atoms with Gasteiger partial charge in [0.25, 0.3) is 0 Å². The molecule has 114 valence electrons. The second kappa shape index (κ2) is 6.52. The van der Waals surface area contributed by atoms with Crippen molar-refractivity contribution in [2.75, 3.05) is 0 Å². The summed E-state index contributed by atoms with van der Waals surface area (Å²) in [4.78, 5) is 12.1. The molecule has 22 heavy (non-hydrogen) atoms. The molecular weight excluding hydrogens is 286 g/mol. The van der Waals surface area contributed by atoms with E-state index in [4.69, 9.17) is 4.74 Å². The van der Waals surface area contributed by atoms with Crippen LogP contribution >= 0.6 is 0 Å². The topological polar surface area (TPSA) is 26.3 Å². The van der Waals surface area contributed by atoms with E-state index in [0.29, 0.717) is 6.08 Å². The normalized spacial score (nSPS) is 12.5. The summed E-state index contributed by atoms with van der Waals surface area (Å²) in [5.74, 6) is -4.16. The molecule has 1 atom stereocenters. The van der Waals surface area contributed by atoms with Gasteiger partial charge in [0.2, 0.25) is 0 Å². The smallest absolute Gasteiger partial charge is 0.338 e. The van der Waals surface area contributed by atoms with Crippen molar-refractivity contribution in [1.82, 2.24) is 0 Å². The SMILES string of the molecule is C=CC(F)(F)C(OC(=O)c1ccc(C)cc1)c1ccccc1. The molecule has 0 aliphatic rings. The maximum atomic E-state index is 14.0. The van der Waals surface area contributed by atoms with E-state index in [2.05, 4.69) is 6.58 Å². The fourth-order valence-electron chi connectivity index (χ4n) is 1.97. The van der Waals surface area contributed by atoms with E-state index in [1.807, 2.05) is 6.92 Å². The number of rotatable bonds is 5. The molecule has 2 aromatic rings. The van der Waals surface area contributed by atoms with Gasteiger partial charge in [-0.15, -0.1) is 0 Å². The van der Waals surface area contributed by atoms with Crippen LogP contribution in [-0.2, 0) is 4.74 Å². The van der Waals surface area contributed by atoms with Crippen LogP contribution < -0.4 is 0 Å². The van der Waals surface area contributed by atoms with E-state index in [9.17, 15) is 13.6 Å². The van der Waals surface area contributed by atoms with Crippen LogP contribution in [0.3, 0.4) is 0 Å². The Balaban J connectivity index is 2.29. The summed E-state index contributed by atoms with van der Waals surface area (Å²) < 4.78 is 33.2. The lowest BCUT2D eigenvalue weighted by molar-refractivity contribution is -0.0837. The zero-order valence-corrected chi connectivity index (χ0v) is 12.1. The van der Waals surface area contributed by atoms with Crippen LogP contribution in [0.5, 0.6) is 0 Å². The van der Waals surface area contributed by atoms with Gasteiger partial charge in [0.1, 0.15) is 0 Å². The minimum absolute atomic E-state index is 0.216. The predicted octanol–water partition coefficient (Wildman–Crippen LogP) is 4.71. The van der Waals surface area contributed by atoms with E-state index >= 15 is 0 Å². The summed E-state index contributed by atoms with van der Waals surface area (Å²) in [6, 6.07) is 14.4. The summed E-state index contributed by atoms with van der Waals surface area (Å²) >= 11 is 0. The number of carbonyl (C=O) groups excluding carboxylic acids is 1. The molecule has 0 aromatic heterocycles. The largest absolute Gasteiger partial charge is 0.447 e. The van der Waals surface area contributed by atoms with Gasteiger partial charge in [-0.3, -0.25) is 0 Å². The fraction of sp³-hybridized carbons (Fsp3) is 0.167. The lowest BCUT2D eigenvalue weighted by Gasteiger charge is -2.24. The van der Waals surface area contributed by atoms with Crippen LogP contribution in [0, 0.1) is 6.92 Å². The molecule has 0 amide bonds. The summed E-state index contributed by atoms with van der Waals surface area (Å²) in [5.41, 5.74) is 1.41. The van der Waals surface area contributed by atoms with Gasteiger partial charge in [0.05, 0.1) is 5.56 Å². The van der Waals surface area contributed by atoms with Crippen LogP contribution in [-0.4, -0.2) is 11.9 Å². The molecule has 0 radical (unpaired) electrons. The van der Waals surface area contributed by atoms with E-state index < -0.39 is 18.0 Å². The first-order valence-corrected chi connectivity index (χ1v) is 6.78. The zero-order chi connectivity index (χ0) is 16.2. The Morgan fingerprint density at radius 1 is 1.14 bits per heavy atom. The Morgan fingerprint density at radius 3 is 2.27 bits per heavy atom. The molecule has 4 heteroatoms. The van der Waals surface area contributed by atoms with Gasteiger partial charge >= 0.3 is 11.9 Å². The van der Waals surface area contributed by atoms with Crippen molar-refractivity contribution in [1.29, 1.82) is 0 Å². The second-order valence-corrected chi connectivity index (χ2v) is 4.94. The third-order valence-corrected chi connectivity index (χ3v) is 3.24. The van der Waals surface area contributed by atoms with Crippen molar-refractivity contribution < 1.29 is 18.3 Å². The average Bonchev–Trinajstić information content (AvgIpc) is 2.53. The maximum absolute atomic E-state index is 14.0. The molecule has 0 saturated heterocycles. The minimum atomic E-state index is -3.36. The number of hydrogen-bond donors (Lipinski definition) is 0. The first kappa shape index (κ1) is 15.9. The number of benzene rings is 2. The Bertz CT molecular complexity index is 649. The maximum Gasteiger partial charge on any atom is 0.338 e. The second-order valence-electron chi connectivity index (χ2n) is 4.94. The highest BCUT2D eigenvalue weighted by Crippen LogP contribution is 2.36. The molecule has 0 bridgehead atoms. The first-order chi connectivity index (χ1) is 10.4. The van der Waals surface area contributed by atoms with Crippen LogP contribution in [0.25, 0.3) is 0 Å². The van der Waals surface area contributed by atoms with Crippen molar-refractivity contribution in [3.8, 4) is 0 Å². The van der Waals surface area contributed by atoms with E-state index in [-0.39, 0.29) is 11.1 Å². The number of ether oxygens (including phenoxy) is 1. The monoisotopic (exact) mass is 302 g/mol. The average molecular weight is 302 g/mol. The molecule has 2 nitrogen and oxygen atoms in total. The van der Waals surface area contributed by atoms with Crippen molar-refractivity contribution >= 4 is 5.97 Å². The number of carbonyl (C=O) groups is 1. The molecule has 0 aliphatic carbocycles. The third kappa shape index (κ3) is 3.58. The van der Waals surface area contributed by atoms with Crippen molar-refractivity contribution in [2.45, 2.75) is 19.0 Å². The first-order valence-electron chi connectivity index (χ1n) is 6.78. The molecule has 0 fully saturated rings. The van der Waals surface area contributed by atoms with Gasteiger partial charge in [-0.05, 0) is 30.7 Å². The van der Waals surface area contributed by atoms with Crippen LogP contribution in [0.15, 0.2) is 67.3 Å². The molecule has 0 N–H and O–H groups in total. The molecule has 1 unspecified atom stereocenters. The van der Waals surface area contributed by atoms with Crippen molar-refractivity contribution in [3.63, 3.8) is 0 Å². The molecule has 0 aliphatic heterocycles. The fourth-order valence-corrected chi connectivity index (χ4v) is 1.97. The summed E-state index contributed by atoms with van der Waals surface area (Å²) in [5, 5.41) is 0. The van der Waals surface area contributed by atoms with Gasteiger partial charge in [0.15, 0.2) is 6.10 Å². The number of alkyl halides is 2. The van der Waals surface area contributed by atoms with Crippen LogP contribution in [0.2, 0.25) is 0 Å². The van der Waals surface area contributed by atoms with Gasteiger partial charge in [-0.25, -0.2) is 4.79 Å². The minimum Gasteiger partial charge on any atom is -0.447 e. The molecular formula is C18H16F2O2. The zero-order valence-electron chi connectivity index (χ0n) is 12.1. The van der Waals surface area contributed by atoms with Crippen LogP contribution in [0.4, 0.5) is 8.78 Å². The number of halogens is 2. The highest BCUT2D eigenvalue weighted by molar-refractivity contribution is 5.89. The number of esters is 1. The lowest BCUT2D eigenvalue weighted by Crippen LogP contribution is -2.28. The van der Waals surface area contributed by atoms with E-state index in [1.54, 1.807) is 42.5 Å². The molecule has 2 rings (SSSR count). The predicted molar refractivity (Wildman–Crippen MR) is 80.9 cm³/mol. The highest BCUT2D eigenvalue weighted by atomic mass is 19.3. The van der Waals surface area contributed by atoms with Gasteiger partial charge in [-0.2, -0.15) is 8.78 Å². The van der Waals surface area contributed by atoms with Crippen molar-refractivity contribution in [3.05, 3.63) is 83.9 Å². The molecule has 0 spiro atoms. The molecule has 2 aromatic carbocycles. The Labute approximate surface area is 128 Å². The number of hydrogen-bond acceptors (Lipinski definition) is 2. The summed E-state index contributed by atoms with van der Waals surface area (Å²) in [7, 11) is 0. The van der Waals surface area contributed by atoms with Gasteiger partial charge in [0, 0.05) is 0 Å². The molecule has 0 heterocycles.